The minimum absolute atomic E-state index is 0.279. The molecule has 0 bridgehead atoms. The van der Waals surface area contributed by atoms with E-state index in [-0.39, 0.29) is 6.04 Å². The van der Waals surface area contributed by atoms with Crippen LogP contribution in [0.1, 0.15) is 22.9 Å². The van der Waals surface area contributed by atoms with Crippen molar-refractivity contribution in [3.05, 3.63) is 65.4 Å². The van der Waals surface area contributed by atoms with Gasteiger partial charge in [0.25, 0.3) is 0 Å². The van der Waals surface area contributed by atoms with Crippen molar-refractivity contribution < 1.29 is 9.15 Å². The Kier molecular flexibility index (Phi) is 3.67. The zero-order valence-electron chi connectivity index (χ0n) is 12.3. The molecule has 0 aliphatic heterocycles. The number of hydrogen-bond acceptors (Lipinski definition) is 3. The van der Waals surface area contributed by atoms with Crippen LogP contribution in [0.3, 0.4) is 0 Å². The Morgan fingerprint density at radius 1 is 1.05 bits per heavy atom. The van der Waals surface area contributed by atoms with Gasteiger partial charge < -0.3 is 14.9 Å². The van der Waals surface area contributed by atoms with Gasteiger partial charge in [-0.3, -0.25) is 0 Å². The smallest absolute Gasteiger partial charge is 0.134 e. The second kappa shape index (κ2) is 5.62. The number of furan rings is 1. The second-order valence-electron chi connectivity index (χ2n) is 5.43. The van der Waals surface area contributed by atoms with Gasteiger partial charge >= 0.3 is 0 Å². The molecular formula is C18H19NO2. The Bertz CT molecular complexity index is 708. The fourth-order valence-corrected chi connectivity index (χ4v) is 2.47. The van der Waals surface area contributed by atoms with E-state index in [1.165, 1.54) is 11.1 Å². The van der Waals surface area contributed by atoms with Crippen molar-refractivity contribution in [1.29, 1.82) is 0 Å². The van der Waals surface area contributed by atoms with Gasteiger partial charge in [-0.2, -0.15) is 0 Å². The number of hydrogen-bond donors (Lipinski definition) is 1. The Morgan fingerprint density at radius 3 is 2.48 bits per heavy atom. The van der Waals surface area contributed by atoms with Crippen LogP contribution in [0.2, 0.25) is 0 Å². The number of benzene rings is 2. The molecule has 0 aliphatic carbocycles. The lowest BCUT2D eigenvalue weighted by molar-refractivity contribution is 0.275. The summed E-state index contributed by atoms with van der Waals surface area (Å²) in [5.41, 5.74) is 9.39. The van der Waals surface area contributed by atoms with Gasteiger partial charge in [0.1, 0.15) is 23.7 Å². The molecule has 3 rings (SSSR count). The van der Waals surface area contributed by atoms with Crippen molar-refractivity contribution >= 4 is 11.0 Å². The van der Waals surface area contributed by atoms with Gasteiger partial charge in [-0.25, -0.2) is 0 Å². The highest BCUT2D eigenvalue weighted by Gasteiger charge is 2.13. The average molecular weight is 281 g/mol. The van der Waals surface area contributed by atoms with Crippen LogP contribution in [-0.4, -0.2) is 6.61 Å². The largest absolute Gasteiger partial charge is 0.491 e. The summed E-state index contributed by atoms with van der Waals surface area (Å²) in [5, 5.41) is 1.06. The molecule has 3 aromatic rings. The van der Waals surface area contributed by atoms with E-state index in [9.17, 15) is 0 Å². The Balaban J connectivity index is 1.72. The highest BCUT2D eigenvalue weighted by molar-refractivity contribution is 5.77. The van der Waals surface area contributed by atoms with Gasteiger partial charge in [-0.05, 0) is 49.2 Å². The maximum atomic E-state index is 6.16. The van der Waals surface area contributed by atoms with Crippen LogP contribution in [0.15, 0.2) is 52.9 Å². The molecule has 2 N–H and O–H groups in total. The predicted octanol–water partition coefficient (Wildman–Crippen LogP) is 4.13. The molecule has 0 amide bonds. The topological polar surface area (TPSA) is 48.4 Å². The minimum atomic E-state index is -0.279. The van der Waals surface area contributed by atoms with Gasteiger partial charge in [0.2, 0.25) is 0 Å². The number of ether oxygens (including phenoxy) is 1. The molecule has 3 nitrogen and oxygen atoms in total. The first kappa shape index (κ1) is 13.7. The van der Waals surface area contributed by atoms with Gasteiger partial charge in [0, 0.05) is 5.39 Å². The minimum Gasteiger partial charge on any atom is -0.491 e. The highest BCUT2D eigenvalue weighted by Crippen LogP contribution is 2.24. The molecule has 1 aromatic heterocycles. The monoisotopic (exact) mass is 281 g/mol. The molecule has 0 saturated heterocycles. The van der Waals surface area contributed by atoms with E-state index < -0.39 is 0 Å². The standard InChI is InChI=1S/C18H19NO2/c1-12-7-13(2)9-15(8-12)20-11-16(19)18-10-14-5-3-4-6-17(14)21-18/h3-10,16H,11,19H2,1-2H3. The van der Waals surface area contributed by atoms with Crippen LogP contribution in [0.25, 0.3) is 11.0 Å². The highest BCUT2D eigenvalue weighted by atomic mass is 16.5. The second-order valence-corrected chi connectivity index (χ2v) is 5.43. The van der Waals surface area contributed by atoms with E-state index >= 15 is 0 Å². The van der Waals surface area contributed by atoms with Crippen molar-refractivity contribution in [3.8, 4) is 5.75 Å². The molecule has 3 heteroatoms. The lowest BCUT2D eigenvalue weighted by Gasteiger charge is -2.12. The van der Waals surface area contributed by atoms with E-state index in [0.29, 0.717) is 6.61 Å². The normalized spacial score (nSPS) is 12.5. The molecule has 1 unspecified atom stereocenters. The van der Waals surface area contributed by atoms with Gasteiger partial charge in [0.05, 0.1) is 6.04 Å². The summed E-state index contributed by atoms with van der Waals surface area (Å²) in [6.07, 6.45) is 0. The van der Waals surface area contributed by atoms with Crippen molar-refractivity contribution in [2.24, 2.45) is 5.73 Å². The Labute approximate surface area is 124 Å². The van der Waals surface area contributed by atoms with Crippen molar-refractivity contribution in [2.45, 2.75) is 19.9 Å². The summed E-state index contributed by atoms with van der Waals surface area (Å²) >= 11 is 0. The van der Waals surface area contributed by atoms with Gasteiger partial charge in [-0.1, -0.05) is 24.3 Å². The quantitative estimate of drug-likeness (QED) is 0.782. The number of aryl methyl sites for hydroxylation is 2. The zero-order chi connectivity index (χ0) is 14.8. The first-order chi connectivity index (χ1) is 10.1. The Hall–Kier alpha value is -2.26. The van der Waals surface area contributed by atoms with Gasteiger partial charge in [-0.15, -0.1) is 0 Å². The van der Waals surface area contributed by atoms with Crippen LogP contribution in [0.5, 0.6) is 5.75 Å². The molecule has 1 atom stereocenters. The van der Waals surface area contributed by atoms with Crippen molar-refractivity contribution in [2.75, 3.05) is 6.61 Å². The van der Waals surface area contributed by atoms with Crippen LogP contribution >= 0.6 is 0 Å². The number of rotatable bonds is 4. The first-order valence-electron chi connectivity index (χ1n) is 7.07. The van der Waals surface area contributed by atoms with Crippen LogP contribution < -0.4 is 10.5 Å². The van der Waals surface area contributed by atoms with Gasteiger partial charge in [0.15, 0.2) is 0 Å². The lowest BCUT2D eigenvalue weighted by Crippen LogP contribution is -2.18. The number of para-hydroxylation sites is 1. The maximum Gasteiger partial charge on any atom is 0.134 e. The molecule has 2 aromatic carbocycles. The molecule has 0 saturated carbocycles. The van der Waals surface area contributed by atoms with E-state index in [1.807, 2.05) is 42.5 Å². The van der Waals surface area contributed by atoms with E-state index in [0.717, 1.165) is 22.5 Å². The fourth-order valence-electron chi connectivity index (χ4n) is 2.47. The Morgan fingerprint density at radius 2 is 1.76 bits per heavy atom. The predicted molar refractivity (Wildman–Crippen MR) is 84.6 cm³/mol. The number of nitrogens with two attached hydrogens (primary N) is 1. The molecule has 108 valence electrons. The fraction of sp³-hybridized carbons (Fsp3) is 0.222. The molecule has 0 radical (unpaired) electrons. The maximum absolute atomic E-state index is 6.16. The SMILES string of the molecule is Cc1cc(C)cc(OCC(N)c2cc3ccccc3o2)c1. The third-order valence-corrected chi connectivity index (χ3v) is 3.43. The summed E-state index contributed by atoms with van der Waals surface area (Å²) in [6, 6.07) is 15.7. The number of fused-ring (bicyclic) bond motifs is 1. The van der Waals surface area contributed by atoms with E-state index in [2.05, 4.69) is 19.9 Å². The van der Waals surface area contributed by atoms with E-state index in [4.69, 9.17) is 14.9 Å². The van der Waals surface area contributed by atoms with Crippen molar-refractivity contribution in [1.82, 2.24) is 0 Å². The first-order valence-corrected chi connectivity index (χ1v) is 7.07. The zero-order valence-corrected chi connectivity index (χ0v) is 12.3. The summed E-state index contributed by atoms with van der Waals surface area (Å²) in [4.78, 5) is 0. The molecule has 1 heterocycles. The third kappa shape index (κ3) is 3.09. The summed E-state index contributed by atoms with van der Waals surface area (Å²) in [6.45, 7) is 4.50. The average Bonchev–Trinajstić information content (AvgIpc) is 2.87. The summed E-state index contributed by atoms with van der Waals surface area (Å²) in [7, 11) is 0. The molecular weight excluding hydrogens is 262 g/mol. The molecule has 0 spiro atoms. The summed E-state index contributed by atoms with van der Waals surface area (Å²) < 4.78 is 11.6. The lowest BCUT2D eigenvalue weighted by atomic mass is 10.1. The van der Waals surface area contributed by atoms with E-state index in [1.54, 1.807) is 0 Å². The van der Waals surface area contributed by atoms with Crippen LogP contribution in [0, 0.1) is 13.8 Å². The summed E-state index contributed by atoms with van der Waals surface area (Å²) in [5.74, 6) is 1.60. The van der Waals surface area contributed by atoms with Crippen molar-refractivity contribution in [3.63, 3.8) is 0 Å². The molecule has 21 heavy (non-hydrogen) atoms. The molecule has 0 fully saturated rings. The van der Waals surface area contributed by atoms with Crippen LogP contribution in [0.4, 0.5) is 0 Å². The molecule has 0 aliphatic rings. The third-order valence-electron chi connectivity index (χ3n) is 3.43. The van der Waals surface area contributed by atoms with Crippen LogP contribution in [-0.2, 0) is 0 Å².